The average molecular weight is 344 g/mol. The molecule has 1 saturated carbocycles. The van der Waals surface area contributed by atoms with Crippen molar-refractivity contribution in [2.24, 2.45) is 10.8 Å². The van der Waals surface area contributed by atoms with Crippen molar-refractivity contribution in [2.45, 2.75) is 59.4 Å². The molecule has 2 atom stereocenters. The molecule has 1 aliphatic heterocycles. The van der Waals surface area contributed by atoms with Gasteiger partial charge in [-0.3, -0.25) is 0 Å². The van der Waals surface area contributed by atoms with E-state index in [1.165, 1.54) is 12.0 Å². The van der Waals surface area contributed by atoms with Crippen LogP contribution < -0.4 is 10.1 Å². The van der Waals surface area contributed by atoms with E-state index in [1.807, 2.05) is 24.3 Å². The minimum Gasteiger partial charge on any atom is -0.494 e. The summed E-state index contributed by atoms with van der Waals surface area (Å²) in [4.78, 5) is 14.7. The summed E-state index contributed by atoms with van der Waals surface area (Å²) in [6.07, 6.45) is 4.30. The number of hydrogen-bond acceptors (Lipinski definition) is 2. The second kappa shape index (κ2) is 6.89. The van der Waals surface area contributed by atoms with Crippen molar-refractivity contribution in [3.8, 4) is 5.75 Å². The van der Waals surface area contributed by atoms with Crippen molar-refractivity contribution in [3.05, 3.63) is 29.8 Å². The molecule has 138 valence electrons. The number of urea groups is 1. The number of aryl methyl sites for hydroxylation is 1. The quantitative estimate of drug-likeness (QED) is 0.806. The lowest BCUT2D eigenvalue weighted by molar-refractivity contribution is 0.129. The van der Waals surface area contributed by atoms with Gasteiger partial charge in [-0.05, 0) is 55.6 Å². The number of rotatable bonds is 5. The molecule has 2 bridgehead atoms. The number of hydrogen-bond donors (Lipinski definition) is 1. The molecule has 1 N–H and O–H groups in total. The van der Waals surface area contributed by atoms with Gasteiger partial charge in [0.15, 0.2) is 0 Å². The van der Waals surface area contributed by atoms with Gasteiger partial charge in [0.1, 0.15) is 5.75 Å². The fourth-order valence-corrected chi connectivity index (χ4v) is 4.89. The predicted octanol–water partition coefficient (Wildman–Crippen LogP) is 4.37. The molecule has 0 spiro atoms. The highest BCUT2D eigenvalue weighted by Gasteiger charge is 2.50. The number of nitrogens with zero attached hydrogens (tertiary/aromatic N) is 1. The van der Waals surface area contributed by atoms with Crippen LogP contribution in [0.25, 0.3) is 0 Å². The van der Waals surface area contributed by atoms with Crippen molar-refractivity contribution in [3.63, 3.8) is 0 Å². The van der Waals surface area contributed by atoms with Gasteiger partial charge in [0, 0.05) is 19.1 Å². The summed E-state index contributed by atoms with van der Waals surface area (Å²) in [5, 5.41) is 3.08. The first kappa shape index (κ1) is 18.1. The molecule has 2 unspecified atom stereocenters. The molecule has 2 aliphatic rings. The van der Waals surface area contributed by atoms with Gasteiger partial charge in [-0.2, -0.15) is 0 Å². The standard InChI is InChI=1S/C21H32N2O2/c1-16-6-8-18(9-7-16)25-11-5-10-22-19(24)23-15-21(4)13-17(23)12-20(2,3)14-21/h6-9,17H,5,10-15H2,1-4H3,(H,22,24). The second-order valence-corrected chi connectivity index (χ2v) is 9.09. The highest BCUT2D eigenvalue weighted by atomic mass is 16.5. The Hall–Kier alpha value is -1.71. The maximum absolute atomic E-state index is 12.6. The molecule has 1 saturated heterocycles. The van der Waals surface area contributed by atoms with E-state index in [4.69, 9.17) is 4.74 Å². The number of fused-ring (bicyclic) bond motifs is 2. The van der Waals surface area contributed by atoms with Crippen molar-refractivity contribution >= 4 is 6.03 Å². The summed E-state index contributed by atoms with van der Waals surface area (Å²) in [5.74, 6) is 0.889. The minimum atomic E-state index is 0.0989. The molecule has 4 heteroatoms. The highest BCUT2D eigenvalue weighted by Crippen LogP contribution is 2.52. The fourth-order valence-electron chi connectivity index (χ4n) is 4.89. The SMILES string of the molecule is Cc1ccc(OCCCNC(=O)N2CC3(C)CC2CC(C)(C)C3)cc1. The Kier molecular flexibility index (Phi) is 4.99. The Labute approximate surface area is 151 Å². The first-order chi connectivity index (χ1) is 11.8. The monoisotopic (exact) mass is 344 g/mol. The number of benzene rings is 1. The Balaban J connectivity index is 1.40. The molecule has 4 nitrogen and oxygen atoms in total. The number of carbonyl (C=O) groups excluding carboxylic acids is 1. The maximum atomic E-state index is 12.6. The van der Waals surface area contributed by atoms with Crippen LogP contribution in [-0.2, 0) is 0 Å². The fraction of sp³-hybridized carbons (Fsp3) is 0.667. The van der Waals surface area contributed by atoms with Crippen LogP contribution in [0, 0.1) is 17.8 Å². The van der Waals surface area contributed by atoms with Gasteiger partial charge in [0.05, 0.1) is 6.61 Å². The molecule has 2 fully saturated rings. The van der Waals surface area contributed by atoms with Crippen molar-refractivity contribution < 1.29 is 9.53 Å². The summed E-state index contributed by atoms with van der Waals surface area (Å²) in [6, 6.07) is 8.57. The number of likely N-dealkylation sites (tertiary alicyclic amines) is 1. The Morgan fingerprint density at radius 3 is 2.68 bits per heavy atom. The van der Waals surface area contributed by atoms with E-state index in [9.17, 15) is 4.79 Å². The van der Waals surface area contributed by atoms with Gasteiger partial charge in [0.25, 0.3) is 0 Å². The van der Waals surface area contributed by atoms with E-state index < -0.39 is 0 Å². The van der Waals surface area contributed by atoms with E-state index in [0.717, 1.165) is 31.6 Å². The van der Waals surface area contributed by atoms with Crippen LogP contribution in [0.3, 0.4) is 0 Å². The predicted molar refractivity (Wildman–Crippen MR) is 101 cm³/mol. The maximum Gasteiger partial charge on any atom is 0.317 e. The van der Waals surface area contributed by atoms with Crippen molar-refractivity contribution in [1.82, 2.24) is 10.2 Å². The van der Waals surface area contributed by atoms with Crippen LogP contribution in [-0.4, -0.2) is 36.7 Å². The number of amides is 2. The molecule has 1 aromatic carbocycles. The molecule has 1 aliphatic carbocycles. The summed E-state index contributed by atoms with van der Waals surface area (Å²) >= 11 is 0. The van der Waals surface area contributed by atoms with Gasteiger partial charge in [-0.15, -0.1) is 0 Å². The molecule has 2 amide bonds. The van der Waals surface area contributed by atoms with Crippen LogP contribution in [0.1, 0.15) is 52.0 Å². The van der Waals surface area contributed by atoms with Crippen LogP contribution >= 0.6 is 0 Å². The minimum absolute atomic E-state index is 0.0989. The molecular weight excluding hydrogens is 312 g/mol. The normalized spacial score (nSPS) is 27.2. The molecule has 1 aromatic rings. The Bertz CT molecular complexity index is 611. The Morgan fingerprint density at radius 1 is 1.24 bits per heavy atom. The van der Waals surface area contributed by atoms with Gasteiger partial charge >= 0.3 is 6.03 Å². The zero-order valence-corrected chi connectivity index (χ0v) is 16.1. The summed E-state index contributed by atoms with van der Waals surface area (Å²) in [5.41, 5.74) is 1.86. The van der Waals surface area contributed by atoms with Gasteiger partial charge in [0.2, 0.25) is 0 Å². The lowest BCUT2D eigenvalue weighted by Gasteiger charge is -2.39. The molecule has 0 radical (unpaired) electrons. The lowest BCUT2D eigenvalue weighted by atomic mass is 9.65. The highest BCUT2D eigenvalue weighted by molar-refractivity contribution is 5.75. The van der Waals surface area contributed by atoms with Crippen LogP contribution in [0.5, 0.6) is 5.75 Å². The smallest absolute Gasteiger partial charge is 0.317 e. The van der Waals surface area contributed by atoms with Crippen LogP contribution in [0.4, 0.5) is 4.79 Å². The van der Waals surface area contributed by atoms with Gasteiger partial charge in [-0.1, -0.05) is 38.5 Å². The zero-order chi connectivity index (χ0) is 18.1. The van der Waals surface area contributed by atoms with Crippen LogP contribution in [0.2, 0.25) is 0 Å². The van der Waals surface area contributed by atoms with Crippen molar-refractivity contribution in [1.29, 1.82) is 0 Å². The third-order valence-electron chi connectivity index (χ3n) is 5.56. The van der Waals surface area contributed by atoms with E-state index >= 15 is 0 Å². The van der Waals surface area contributed by atoms with Crippen molar-refractivity contribution in [2.75, 3.05) is 19.7 Å². The Morgan fingerprint density at radius 2 is 1.96 bits per heavy atom. The van der Waals surface area contributed by atoms with Gasteiger partial charge in [-0.25, -0.2) is 4.79 Å². The summed E-state index contributed by atoms with van der Waals surface area (Å²) in [6.45, 7) is 11.2. The first-order valence-corrected chi connectivity index (χ1v) is 9.50. The topological polar surface area (TPSA) is 41.6 Å². The molecule has 3 rings (SSSR count). The van der Waals surface area contributed by atoms with E-state index in [0.29, 0.717) is 24.6 Å². The number of carbonyl (C=O) groups is 1. The zero-order valence-electron chi connectivity index (χ0n) is 16.1. The number of nitrogens with one attached hydrogen (secondary N) is 1. The molecule has 25 heavy (non-hydrogen) atoms. The lowest BCUT2D eigenvalue weighted by Crippen LogP contribution is -2.44. The van der Waals surface area contributed by atoms with E-state index in [1.54, 1.807) is 0 Å². The second-order valence-electron chi connectivity index (χ2n) is 9.09. The third-order valence-corrected chi connectivity index (χ3v) is 5.56. The van der Waals surface area contributed by atoms with E-state index in [-0.39, 0.29) is 11.4 Å². The first-order valence-electron chi connectivity index (χ1n) is 9.50. The largest absolute Gasteiger partial charge is 0.494 e. The summed E-state index contributed by atoms with van der Waals surface area (Å²) in [7, 11) is 0. The average Bonchev–Trinajstić information content (AvgIpc) is 2.77. The molecule has 0 aromatic heterocycles. The number of ether oxygens (including phenoxy) is 1. The summed E-state index contributed by atoms with van der Waals surface area (Å²) < 4.78 is 5.72. The van der Waals surface area contributed by atoms with Gasteiger partial charge < -0.3 is 15.0 Å². The molecule has 1 heterocycles. The van der Waals surface area contributed by atoms with E-state index in [2.05, 4.69) is 37.9 Å². The van der Waals surface area contributed by atoms with Crippen LogP contribution in [0.15, 0.2) is 24.3 Å². The molecular formula is C21H32N2O2. The third kappa shape index (κ3) is 4.47.